The Balaban J connectivity index is 1.67. The van der Waals surface area contributed by atoms with Crippen molar-refractivity contribution in [2.75, 3.05) is 19.7 Å². The zero-order chi connectivity index (χ0) is 22.0. The van der Waals surface area contributed by atoms with Gasteiger partial charge < -0.3 is 19.8 Å². The molecule has 4 rings (SSSR count). The third-order valence-electron chi connectivity index (χ3n) is 5.75. The average molecular weight is 419 g/mol. The van der Waals surface area contributed by atoms with Crippen LogP contribution in [-0.2, 0) is 9.59 Å². The number of hydrogen-bond acceptors (Lipinski definition) is 4. The number of hydrogen-bond donors (Lipinski definition) is 1. The first kappa shape index (κ1) is 20.7. The van der Waals surface area contributed by atoms with Crippen molar-refractivity contribution in [1.29, 1.82) is 0 Å². The van der Waals surface area contributed by atoms with Gasteiger partial charge in [0, 0.05) is 36.3 Å². The predicted molar refractivity (Wildman–Crippen MR) is 117 cm³/mol. The van der Waals surface area contributed by atoms with E-state index in [4.69, 9.17) is 10.5 Å². The summed E-state index contributed by atoms with van der Waals surface area (Å²) in [5, 5.41) is 0. The van der Waals surface area contributed by atoms with Crippen LogP contribution in [0.25, 0.3) is 16.6 Å². The van der Waals surface area contributed by atoms with Gasteiger partial charge in [-0.2, -0.15) is 0 Å². The summed E-state index contributed by atoms with van der Waals surface area (Å²) in [6.45, 7) is 3.18. The highest BCUT2D eigenvalue weighted by Gasteiger charge is 2.32. The number of rotatable bonds is 6. The molecule has 0 unspecified atom stereocenters. The van der Waals surface area contributed by atoms with Crippen molar-refractivity contribution in [2.45, 2.75) is 19.8 Å². The molecule has 3 aromatic rings. The van der Waals surface area contributed by atoms with Crippen molar-refractivity contribution in [3.05, 3.63) is 60.4 Å². The van der Waals surface area contributed by atoms with Crippen molar-refractivity contribution in [2.24, 2.45) is 11.7 Å². The van der Waals surface area contributed by atoms with Gasteiger partial charge in [-0.15, -0.1) is 0 Å². The van der Waals surface area contributed by atoms with E-state index in [0.717, 1.165) is 16.8 Å². The van der Waals surface area contributed by atoms with E-state index in [1.54, 1.807) is 10.6 Å². The lowest BCUT2D eigenvalue weighted by Gasteiger charge is -2.30. The molecule has 7 nitrogen and oxygen atoms in total. The number of Topliss-reactive ketones (excluding diaryl/α,β-unsaturated/α-hetero) is 1. The Hall–Kier alpha value is -3.61. The number of carbonyl (C=O) groups is 3. The molecule has 0 spiro atoms. The average Bonchev–Trinajstić information content (AvgIpc) is 3.18. The molecule has 1 aliphatic heterocycles. The summed E-state index contributed by atoms with van der Waals surface area (Å²) in [5.41, 5.74) is 8.07. The molecule has 3 heterocycles. The number of ether oxygens (including phenoxy) is 1. The van der Waals surface area contributed by atoms with Gasteiger partial charge in [-0.1, -0.05) is 18.2 Å². The molecule has 7 heteroatoms. The Kier molecular flexibility index (Phi) is 5.75. The molecule has 2 amide bonds. The van der Waals surface area contributed by atoms with Crippen molar-refractivity contribution in [3.63, 3.8) is 0 Å². The van der Waals surface area contributed by atoms with Crippen molar-refractivity contribution in [3.8, 4) is 16.9 Å². The number of primary amides is 1. The van der Waals surface area contributed by atoms with Gasteiger partial charge in [-0.25, -0.2) is 0 Å². The van der Waals surface area contributed by atoms with E-state index in [1.165, 1.54) is 4.90 Å². The number of nitrogens with two attached hydrogens (primary N) is 1. The minimum Gasteiger partial charge on any atom is -0.494 e. The van der Waals surface area contributed by atoms with Gasteiger partial charge in [0.15, 0.2) is 0 Å². The molecular weight excluding hydrogens is 394 g/mol. The zero-order valence-corrected chi connectivity index (χ0v) is 17.4. The van der Waals surface area contributed by atoms with Gasteiger partial charge in [0.05, 0.1) is 6.61 Å². The van der Waals surface area contributed by atoms with Gasteiger partial charge in [0.2, 0.25) is 5.91 Å². The second-order valence-electron chi connectivity index (χ2n) is 7.66. The fraction of sp³-hybridized carbons (Fsp3) is 0.292. The van der Waals surface area contributed by atoms with Gasteiger partial charge in [0.25, 0.3) is 11.7 Å². The number of likely N-dealkylation sites (tertiary alicyclic amines) is 1. The fourth-order valence-electron chi connectivity index (χ4n) is 4.08. The highest BCUT2D eigenvalue weighted by Crippen LogP contribution is 2.30. The monoisotopic (exact) mass is 419 g/mol. The van der Waals surface area contributed by atoms with Crippen LogP contribution in [0.1, 0.15) is 30.3 Å². The Bertz CT molecular complexity index is 1130. The number of fused-ring (bicyclic) bond motifs is 1. The molecule has 1 saturated heterocycles. The highest BCUT2D eigenvalue weighted by atomic mass is 16.5. The standard InChI is InChI=1S/C24H25N3O4/c1-2-31-19-8-6-16(7-9-19)20-15-18-5-3-4-12-27(18)21(20)22(28)24(30)26-13-10-17(11-14-26)23(25)29/h3-9,12,15,17H,2,10-11,13-14H2,1H3,(H2,25,29). The summed E-state index contributed by atoms with van der Waals surface area (Å²) in [5.74, 6) is -0.968. The third kappa shape index (κ3) is 4.03. The summed E-state index contributed by atoms with van der Waals surface area (Å²) in [6.07, 6.45) is 2.75. The van der Waals surface area contributed by atoms with Gasteiger partial charge in [-0.05, 0) is 55.7 Å². The molecule has 31 heavy (non-hydrogen) atoms. The van der Waals surface area contributed by atoms with E-state index in [1.807, 2.05) is 55.5 Å². The predicted octanol–water partition coefficient (Wildman–Crippen LogP) is 2.91. The normalized spacial score (nSPS) is 14.5. The molecule has 1 fully saturated rings. The molecule has 160 valence electrons. The second kappa shape index (κ2) is 8.63. The topological polar surface area (TPSA) is 94.1 Å². The van der Waals surface area contributed by atoms with Crippen LogP contribution in [0.5, 0.6) is 5.75 Å². The summed E-state index contributed by atoms with van der Waals surface area (Å²) in [4.78, 5) is 39.4. The van der Waals surface area contributed by atoms with Crippen molar-refractivity contribution >= 4 is 23.1 Å². The van der Waals surface area contributed by atoms with E-state index in [2.05, 4.69) is 0 Å². The van der Waals surface area contributed by atoms with E-state index in [0.29, 0.717) is 43.8 Å². The van der Waals surface area contributed by atoms with Gasteiger partial charge in [-0.3, -0.25) is 14.4 Å². The number of benzene rings is 1. The number of pyridine rings is 1. The second-order valence-corrected chi connectivity index (χ2v) is 7.66. The van der Waals surface area contributed by atoms with Gasteiger partial charge >= 0.3 is 0 Å². The van der Waals surface area contributed by atoms with E-state index in [-0.39, 0.29) is 11.8 Å². The van der Waals surface area contributed by atoms with E-state index >= 15 is 0 Å². The maximum Gasteiger partial charge on any atom is 0.296 e. The van der Waals surface area contributed by atoms with Crippen LogP contribution < -0.4 is 10.5 Å². The summed E-state index contributed by atoms with van der Waals surface area (Å²) < 4.78 is 7.26. The molecule has 2 N–H and O–H groups in total. The minimum absolute atomic E-state index is 0.243. The highest BCUT2D eigenvalue weighted by molar-refractivity contribution is 6.43. The number of amides is 2. The number of nitrogens with zero attached hydrogens (tertiary/aromatic N) is 2. The molecule has 0 radical (unpaired) electrons. The van der Waals surface area contributed by atoms with Crippen LogP contribution >= 0.6 is 0 Å². The molecular formula is C24H25N3O4. The summed E-state index contributed by atoms with van der Waals surface area (Å²) in [7, 11) is 0. The zero-order valence-electron chi connectivity index (χ0n) is 17.4. The van der Waals surface area contributed by atoms with Crippen LogP contribution in [0.15, 0.2) is 54.7 Å². The molecule has 0 aliphatic carbocycles. The first-order valence-electron chi connectivity index (χ1n) is 10.5. The third-order valence-corrected chi connectivity index (χ3v) is 5.75. The Morgan fingerprint density at radius 2 is 1.77 bits per heavy atom. The molecule has 0 bridgehead atoms. The SMILES string of the molecule is CCOc1ccc(-c2cc3ccccn3c2C(=O)C(=O)N2CCC(C(N)=O)CC2)cc1. The first-order chi connectivity index (χ1) is 15.0. The lowest BCUT2D eigenvalue weighted by atomic mass is 9.95. The van der Waals surface area contributed by atoms with Crippen molar-refractivity contribution in [1.82, 2.24) is 9.30 Å². The Morgan fingerprint density at radius 3 is 2.42 bits per heavy atom. The number of aromatic nitrogens is 1. The molecule has 1 aromatic carbocycles. The molecule has 0 atom stereocenters. The van der Waals surface area contributed by atoms with E-state index < -0.39 is 11.7 Å². The Morgan fingerprint density at radius 1 is 1.06 bits per heavy atom. The maximum atomic E-state index is 13.4. The Labute approximate surface area is 180 Å². The summed E-state index contributed by atoms with van der Waals surface area (Å²) in [6, 6.07) is 15.0. The smallest absolute Gasteiger partial charge is 0.296 e. The lowest BCUT2D eigenvalue weighted by Crippen LogP contribution is -2.44. The lowest BCUT2D eigenvalue weighted by molar-refractivity contribution is -0.131. The van der Waals surface area contributed by atoms with Crippen LogP contribution in [-0.4, -0.2) is 46.6 Å². The number of piperidine rings is 1. The molecule has 1 aliphatic rings. The van der Waals surface area contributed by atoms with Crippen LogP contribution in [0.3, 0.4) is 0 Å². The largest absolute Gasteiger partial charge is 0.494 e. The molecule has 0 saturated carbocycles. The minimum atomic E-state index is -0.562. The van der Waals surface area contributed by atoms with Crippen LogP contribution in [0.4, 0.5) is 0 Å². The maximum absolute atomic E-state index is 13.4. The summed E-state index contributed by atoms with van der Waals surface area (Å²) >= 11 is 0. The van der Waals surface area contributed by atoms with Crippen molar-refractivity contribution < 1.29 is 19.1 Å². The molecule has 2 aromatic heterocycles. The van der Waals surface area contributed by atoms with Crippen LogP contribution in [0, 0.1) is 5.92 Å². The van der Waals surface area contributed by atoms with Gasteiger partial charge in [0.1, 0.15) is 11.4 Å². The van der Waals surface area contributed by atoms with E-state index in [9.17, 15) is 14.4 Å². The first-order valence-corrected chi connectivity index (χ1v) is 10.5. The quantitative estimate of drug-likeness (QED) is 0.491. The fourth-order valence-corrected chi connectivity index (χ4v) is 4.08. The number of carbonyl (C=O) groups excluding carboxylic acids is 3. The van der Waals surface area contributed by atoms with Crippen LogP contribution in [0.2, 0.25) is 0 Å². The number of ketones is 1.